The van der Waals surface area contributed by atoms with E-state index in [0.717, 1.165) is 23.6 Å². The number of anilines is 1. The third kappa shape index (κ3) is 4.70. The lowest BCUT2D eigenvalue weighted by atomic mass is 10.2. The fourth-order valence-corrected chi connectivity index (χ4v) is 2.75. The Kier molecular flexibility index (Phi) is 6.31. The average molecular weight is 383 g/mol. The van der Waals surface area contributed by atoms with Crippen LogP contribution in [0.4, 0.5) is 5.69 Å². The van der Waals surface area contributed by atoms with Gasteiger partial charge in [-0.1, -0.05) is 6.07 Å². The summed E-state index contributed by atoms with van der Waals surface area (Å²) in [7, 11) is 0. The Morgan fingerprint density at radius 2 is 1.75 bits per heavy atom. The zero-order valence-corrected chi connectivity index (χ0v) is 16.4. The maximum Gasteiger partial charge on any atom is 0.258 e. The van der Waals surface area contributed by atoms with E-state index in [-0.39, 0.29) is 5.91 Å². The molecule has 0 aliphatic heterocycles. The summed E-state index contributed by atoms with van der Waals surface area (Å²) in [5.74, 6) is 1.24. The van der Waals surface area contributed by atoms with Gasteiger partial charge in [0.2, 0.25) is 0 Å². The molecule has 0 saturated carbocycles. The summed E-state index contributed by atoms with van der Waals surface area (Å²) >= 11 is 0. The molecule has 3 aromatic rings. The molecule has 8 nitrogen and oxygen atoms in total. The number of hydrogen-bond donors (Lipinski definition) is 1. The molecule has 0 spiro atoms. The average Bonchev–Trinajstić information content (AvgIpc) is 3.33. The highest BCUT2D eigenvalue weighted by molar-refractivity contribution is 6.03. The van der Waals surface area contributed by atoms with Crippen LogP contribution in [0.1, 0.15) is 36.7 Å². The first-order valence-corrected chi connectivity index (χ1v) is 9.37. The molecular weight excluding hydrogens is 358 g/mol. The Labute approximate surface area is 164 Å². The molecule has 3 rings (SSSR count). The highest BCUT2D eigenvalue weighted by Crippen LogP contribution is 2.28. The molecule has 1 aromatic carbocycles. The van der Waals surface area contributed by atoms with Crippen molar-refractivity contribution in [3.63, 3.8) is 0 Å². The first kappa shape index (κ1) is 19.5. The minimum atomic E-state index is -0.209. The molecule has 28 heavy (non-hydrogen) atoms. The monoisotopic (exact) mass is 383 g/mol. The second-order valence-electron chi connectivity index (χ2n) is 6.11. The topological polar surface area (TPSA) is 83.2 Å². The number of amides is 1. The molecule has 0 saturated heterocycles. The maximum atomic E-state index is 12.3. The lowest BCUT2D eigenvalue weighted by Gasteiger charge is -2.12. The van der Waals surface area contributed by atoms with Crippen LogP contribution >= 0.6 is 0 Å². The highest BCUT2D eigenvalue weighted by Gasteiger charge is 2.11. The third-order valence-electron chi connectivity index (χ3n) is 4.06. The van der Waals surface area contributed by atoms with E-state index in [1.807, 2.05) is 39.0 Å². The summed E-state index contributed by atoms with van der Waals surface area (Å²) in [5, 5.41) is 11.3. The molecule has 0 fully saturated rings. The number of ether oxygens (including phenoxy) is 2. The van der Waals surface area contributed by atoms with Crippen LogP contribution in [0.2, 0.25) is 0 Å². The van der Waals surface area contributed by atoms with E-state index >= 15 is 0 Å². The van der Waals surface area contributed by atoms with Crippen LogP contribution in [0, 0.1) is 0 Å². The van der Waals surface area contributed by atoms with E-state index in [9.17, 15) is 4.79 Å². The Morgan fingerprint density at radius 3 is 2.46 bits per heavy atom. The van der Waals surface area contributed by atoms with Crippen LogP contribution < -0.4 is 14.8 Å². The Balaban J connectivity index is 1.67. The number of nitrogens with zero attached hydrogens (tertiary/aromatic N) is 4. The zero-order valence-electron chi connectivity index (χ0n) is 16.4. The molecule has 148 valence electrons. The molecule has 0 aliphatic rings. The van der Waals surface area contributed by atoms with Crippen LogP contribution in [0.3, 0.4) is 0 Å². The first-order chi connectivity index (χ1) is 13.6. The molecule has 2 heterocycles. The Bertz CT molecular complexity index is 932. The molecule has 0 atom stereocenters. The van der Waals surface area contributed by atoms with E-state index in [2.05, 4.69) is 15.5 Å². The van der Waals surface area contributed by atoms with Crippen molar-refractivity contribution in [2.24, 2.45) is 0 Å². The number of nitrogens with one attached hydrogen (secondary N) is 1. The van der Waals surface area contributed by atoms with Gasteiger partial charge in [-0.2, -0.15) is 10.2 Å². The molecular formula is C20H25N5O3. The van der Waals surface area contributed by atoms with Crippen molar-refractivity contribution < 1.29 is 14.3 Å². The van der Waals surface area contributed by atoms with Gasteiger partial charge < -0.3 is 14.8 Å². The number of carbonyl (C=O) groups is 1. The molecule has 1 amide bonds. The van der Waals surface area contributed by atoms with Crippen molar-refractivity contribution in [1.29, 1.82) is 0 Å². The summed E-state index contributed by atoms with van der Waals surface area (Å²) in [6.07, 6.45) is 6.69. The van der Waals surface area contributed by atoms with Crippen LogP contribution in [-0.4, -0.2) is 38.7 Å². The summed E-state index contributed by atoms with van der Waals surface area (Å²) in [6, 6.07) is 5.83. The quantitative estimate of drug-likeness (QED) is 0.613. The minimum Gasteiger partial charge on any atom is -0.490 e. The van der Waals surface area contributed by atoms with Gasteiger partial charge in [0.15, 0.2) is 11.5 Å². The normalized spacial score (nSPS) is 10.7. The summed E-state index contributed by atoms with van der Waals surface area (Å²) < 4.78 is 14.7. The third-order valence-corrected chi connectivity index (χ3v) is 4.06. The SMILES string of the molecule is CCOc1ccc(Cn2cc(NC(=O)c3cnn(CC)c3)cn2)cc1OCC. The van der Waals surface area contributed by atoms with Gasteiger partial charge in [-0.15, -0.1) is 0 Å². The second-order valence-corrected chi connectivity index (χ2v) is 6.11. The number of hydrogen-bond acceptors (Lipinski definition) is 5. The maximum absolute atomic E-state index is 12.3. The van der Waals surface area contributed by atoms with Crippen molar-refractivity contribution in [2.75, 3.05) is 18.5 Å². The van der Waals surface area contributed by atoms with Gasteiger partial charge in [0, 0.05) is 18.9 Å². The predicted octanol–water partition coefficient (Wildman–Crippen LogP) is 3.20. The molecule has 0 radical (unpaired) electrons. The van der Waals surface area contributed by atoms with Crippen molar-refractivity contribution in [2.45, 2.75) is 33.9 Å². The lowest BCUT2D eigenvalue weighted by molar-refractivity contribution is 0.102. The van der Waals surface area contributed by atoms with Gasteiger partial charge in [-0.05, 0) is 38.5 Å². The Morgan fingerprint density at radius 1 is 1.00 bits per heavy atom. The van der Waals surface area contributed by atoms with Crippen LogP contribution in [-0.2, 0) is 13.1 Å². The van der Waals surface area contributed by atoms with E-state index in [0.29, 0.717) is 31.0 Å². The minimum absolute atomic E-state index is 0.209. The van der Waals surface area contributed by atoms with Gasteiger partial charge in [0.05, 0.1) is 43.4 Å². The van der Waals surface area contributed by atoms with E-state index in [1.165, 1.54) is 0 Å². The summed E-state index contributed by atoms with van der Waals surface area (Å²) in [5.41, 5.74) is 2.17. The lowest BCUT2D eigenvalue weighted by Crippen LogP contribution is -2.10. The van der Waals surface area contributed by atoms with Gasteiger partial charge in [-0.25, -0.2) is 0 Å². The fraction of sp³-hybridized carbons (Fsp3) is 0.350. The largest absolute Gasteiger partial charge is 0.490 e. The number of aryl methyl sites for hydroxylation is 1. The molecule has 1 N–H and O–H groups in total. The molecule has 0 bridgehead atoms. The number of aromatic nitrogens is 4. The van der Waals surface area contributed by atoms with Gasteiger partial charge in [0.25, 0.3) is 5.91 Å². The molecule has 0 unspecified atom stereocenters. The van der Waals surface area contributed by atoms with Crippen molar-refractivity contribution in [3.05, 3.63) is 54.1 Å². The number of rotatable bonds is 9. The Hall–Kier alpha value is -3.29. The van der Waals surface area contributed by atoms with Gasteiger partial charge >= 0.3 is 0 Å². The second kappa shape index (κ2) is 9.07. The van der Waals surface area contributed by atoms with E-state index in [1.54, 1.807) is 34.2 Å². The summed E-state index contributed by atoms with van der Waals surface area (Å²) in [4.78, 5) is 12.3. The van der Waals surface area contributed by atoms with Crippen LogP contribution in [0.5, 0.6) is 11.5 Å². The predicted molar refractivity (Wildman–Crippen MR) is 106 cm³/mol. The number of carbonyl (C=O) groups excluding carboxylic acids is 1. The van der Waals surface area contributed by atoms with Crippen molar-refractivity contribution >= 4 is 11.6 Å². The van der Waals surface area contributed by atoms with Gasteiger partial charge in [0.1, 0.15) is 0 Å². The summed E-state index contributed by atoms with van der Waals surface area (Å²) in [6.45, 7) is 8.27. The zero-order chi connectivity index (χ0) is 19.9. The standard InChI is InChI=1S/C20H25N5O3/c1-4-24-13-16(10-21-24)20(26)23-17-11-22-25(14-17)12-15-7-8-18(27-5-2)19(9-15)28-6-3/h7-11,13-14H,4-6,12H2,1-3H3,(H,23,26). The van der Waals surface area contributed by atoms with Crippen molar-refractivity contribution in [1.82, 2.24) is 19.6 Å². The smallest absolute Gasteiger partial charge is 0.258 e. The van der Waals surface area contributed by atoms with E-state index in [4.69, 9.17) is 9.47 Å². The molecule has 2 aromatic heterocycles. The fourth-order valence-electron chi connectivity index (χ4n) is 2.75. The first-order valence-electron chi connectivity index (χ1n) is 9.37. The van der Waals surface area contributed by atoms with Gasteiger partial charge in [-0.3, -0.25) is 14.2 Å². The van der Waals surface area contributed by atoms with Crippen LogP contribution in [0.15, 0.2) is 43.0 Å². The highest BCUT2D eigenvalue weighted by atomic mass is 16.5. The molecule has 0 aliphatic carbocycles. The molecule has 8 heteroatoms. The van der Waals surface area contributed by atoms with Crippen molar-refractivity contribution in [3.8, 4) is 11.5 Å². The van der Waals surface area contributed by atoms with E-state index < -0.39 is 0 Å². The van der Waals surface area contributed by atoms with Crippen LogP contribution in [0.25, 0.3) is 0 Å². The number of benzene rings is 1.